The molecule has 0 aromatic rings. The van der Waals surface area contributed by atoms with Crippen LogP contribution in [-0.4, -0.2) is 32.6 Å². The summed E-state index contributed by atoms with van der Waals surface area (Å²) in [4.78, 5) is 2.62. The first-order valence-electron chi connectivity index (χ1n) is 6.42. The molecule has 90 valence electrons. The molecule has 0 rings (SSSR count). The van der Waals surface area contributed by atoms with Gasteiger partial charge in [0.15, 0.2) is 0 Å². The fourth-order valence-electron chi connectivity index (χ4n) is 1.95. The summed E-state index contributed by atoms with van der Waals surface area (Å²) in [6.45, 7) is 15.5. The van der Waals surface area contributed by atoms with E-state index < -0.39 is 8.07 Å². The highest BCUT2D eigenvalue weighted by Gasteiger charge is 2.17. The number of rotatable bonds is 8. The van der Waals surface area contributed by atoms with Crippen molar-refractivity contribution < 1.29 is 0 Å². The molecule has 0 aliphatic carbocycles. The van der Waals surface area contributed by atoms with E-state index in [4.69, 9.17) is 0 Å². The highest BCUT2D eigenvalue weighted by Crippen LogP contribution is 2.12. The van der Waals surface area contributed by atoms with E-state index in [1.165, 1.54) is 38.5 Å². The summed E-state index contributed by atoms with van der Waals surface area (Å²) < 4.78 is 0. The minimum atomic E-state index is -1.05. The number of hydrogen-bond acceptors (Lipinski definition) is 1. The van der Waals surface area contributed by atoms with Gasteiger partial charge in [0.1, 0.15) is 0 Å². The minimum Gasteiger partial charge on any atom is -0.304 e. The molecule has 0 N–H and O–H groups in total. The van der Waals surface area contributed by atoms with Crippen molar-refractivity contribution in [3.8, 4) is 0 Å². The Morgan fingerprint density at radius 1 is 1.00 bits per heavy atom. The van der Waals surface area contributed by atoms with Crippen LogP contribution < -0.4 is 0 Å². The Kier molecular flexibility index (Phi) is 8.07. The van der Waals surface area contributed by atoms with Crippen LogP contribution in [0.1, 0.15) is 33.6 Å². The third-order valence-electron chi connectivity index (χ3n) is 2.77. The van der Waals surface area contributed by atoms with Crippen molar-refractivity contribution in [3.63, 3.8) is 0 Å². The van der Waals surface area contributed by atoms with Crippen molar-refractivity contribution in [2.24, 2.45) is 0 Å². The van der Waals surface area contributed by atoms with E-state index in [-0.39, 0.29) is 0 Å². The molecule has 0 saturated carbocycles. The first kappa shape index (κ1) is 14.9. The highest BCUT2D eigenvalue weighted by atomic mass is 28.3. The smallest absolute Gasteiger partial charge is 0.0725 e. The molecular weight excluding hydrogens is 198 g/mol. The van der Waals surface area contributed by atoms with Gasteiger partial charge in [0.25, 0.3) is 0 Å². The normalized spacial score (nSPS) is 12.9. The molecule has 2 heteroatoms. The molecule has 0 heterocycles. The maximum absolute atomic E-state index is 2.62. The Labute approximate surface area is 97.6 Å². The Hall–Kier alpha value is -0.0831. The van der Waals surface area contributed by atoms with Crippen molar-refractivity contribution in [2.45, 2.75) is 52.8 Å². The van der Waals surface area contributed by atoms with Gasteiger partial charge in [-0.1, -0.05) is 38.7 Å². The molecule has 0 atom stereocenters. The van der Waals surface area contributed by atoms with Crippen molar-refractivity contribution >= 4 is 8.07 Å². The molecule has 0 fully saturated rings. The van der Waals surface area contributed by atoms with E-state index in [0.29, 0.717) is 0 Å². The Bertz CT molecular complexity index is 169. The predicted octanol–water partition coefficient (Wildman–Crippen LogP) is 3.93. The Balaban J connectivity index is 3.96. The van der Waals surface area contributed by atoms with Gasteiger partial charge in [0.2, 0.25) is 0 Å². The lowest BCUT2D eigenvalue weighted by Gasteiger charge is -2.25. The van der Waals surface area contributed by atoms with Gasteiger partial charge in [-0.2, -0.15) is 0 Å². The molecular formula is C13H29NSi. The van der Waals surface area contributed by atoms with E-state index in [0.717, 1.165) is 0 Å². The standard InChI is InChI=1S/C13H29NSi/c1-6-9-14(10-7-2)11-13-15(4,5)12-8-3/h8,12H,6-7,9-11,13H2,1-5H3/b12-8-. The molecule has 0 unspecified atom stereocenters. The largest absolute Gasteiger partial charge is 0.304 e. The van der Waals surface area contributed by atoms with Crippen molar-refractivity contribution in [3.05, 3.63) is 11.8 Å². The molecule has 0 saturated heterocycles. The van der Waals surface area contributed by atoms with Crippen LogP contribution in [0.15, 0.2) is 11.8 Å². The zero-order chi connectivity index (χ0) is 11.7. The zero-order valence-corrected chi connectivity index (χ0v) is 12.3. The molecule has 15 heavy (non-hydrogen) atoms. The molecule has 0 amide bonds. The second kappa shape index (κ2) is 8.11. The van der Waals surface area contributed by atoms with Crippen LogP contribution in [0.25, 0.3) is 0 Å². The maximum Gasteiger partial charge on any atom is 0.0725 e. The lowest BCUT2D eigenvalue weighted by Crippen LogP contribution is -2.33. The maximum atomic E-state index is 2.62. The SMILES string of the molecule is C/C=C\[Si](C)(C)CCN(CCC)CCC. The fraction of sp³-hybridized carbons (Fsp3) is 0.846. The highest BCUT2D eigenvalue weighted by molar-refractivity contribution is 6.82. The van der Waals surface area contributed by atoms with Crippen LogP contribution in [0.2, 0.25) is 19.1 Å². The van der Waals surface area contributed by atoms with Crippen LogP contribution in [-0.2, 0) is 0 Å². The van der Waals surface area contributed by atoms with Gasteiger partial charge < -0.3 is 4.90 Å². The van der Waals surface area contributed by atoms with E-state index >= 15 is 0 Å². The molecule has 0 aliphatic heterocycles. The van der Waals surface area contributed by atoms with Crippen LogP contribution in [0, 0.1) is 0 Å². The monoisotopic (exact) mass is 227 g/mol. The lowest BCUT2D eigenvalue weighted by atomic mass is 10.3. The third kappa shape index (κ3) is 7.80. The lowest BCUT2D eigenvalue weighted by molar-refractivity contribution is 0.288. The summed E-state index contributed by atoms with van der Waals surface area (Å²) in [5.74, 6) is 0. The van der Waals surface area contributed by atoms with Gasteiger partial charge in [-0.05, 0) is 45.4 Å². The van der Waals surface area contributed by atoms with Gasteiger partial charge >= 0.3 is 0 Å². The molecule has 0 radical (unpaired) electrons. The van der Waals surface area contributed by atoms with Crippen molar-refractivity contribution in [1.29, 1.82) is 0 Å². The summed E-state index contributed by atoms with van der Waals surface area (Å²) in [6, 6.07) is 1.40. The first-order chi connectivity index (χ1) is 7.05. The van der Waals surface area contributed by atoms with E-state index in [2.05, 4.69) is 50.5 Å². The zero-order valence-electron chi connectivity index (χ0n) is 11.3. The first-order valence-corrected chi connectivity index (χ1v) is 9.70. The predicted molar refractivity (Wildman–Crippen MR) is 74.1 cm³/mol. The second-order valence-electron chi connectivity index (χ2n) is 5.08. The molecule has 0 aromatic heterocycles. The number of hydrogen-bond donors (Lipinski definition) is 0. The summed E-state index contributed by atoms with van der Waals surface area (Å²) in [5.41, 5.74) is 2.46. The molecule has 0 aliphatic rings. The summed E-state index contributed by atoms with van der Waals surface area (Å²) >= 11 is 0. The van der Waals surface area contributed by atoms with Crippen LogP contribution in [0.3, 0.4) is 0 Å². The summed E-state index contributed by atoms with van der Waals surface area (Å²) in [5, 5.41) is 0. The third-order valence-corrected chi connectivity index (χ3v) is 5.52. The quantitative estimate of drug-likeness (QED) is 0.568. The number of allylic oxidation sites excluding steroid dienone is 1. The number of nitrogens with zero attached hydrogens (tertiary/aromatic N) is 1. The Morgan fingerprint density at radius 3 is 1.93 bits per heavy atom. The fourth-order valence-corrected chi connectivity index (χ4v) is 3.91. The summed E-state index contributed by atoms with van der Waals surface area (Å²) in [6.07, 6.45) is 4.80. The minimum absolute atomic E-state index is 1.05. The van der Waals surface area contributed by atoms with Gasteiger partial charge in [0.05, 0.1) is 8.07 Å². The van der Waals surface area contributed by atoms with Gasteiger partial charge in [-0.25, -0.2) is 0 Å². The van der Waals surface area contributed by atoms with E-state index in [9.17, 15) is 0 Å². The van der Waals surface area contributed by atoms with Gasteiger partial charge in [-0.3, -0.25) is 0 Å². The summed E-state index contributed by atoms with van der Waals surface area (Å²) in [7, 11) is -1.05. The van der Waals surface area contributed by atoms with Crippen LogP contribution in [0.4, 0.5) is 0 Å². The molecule has 0 bridgehead atoms. The van der Waals surface area contributed by atoms with Gasteiger partial charge in [-0.15, -0.1) is 0 Å². The second-order valence-corrected chi connectivity index (χ2v) is 9.89. The Morgan fingerprint density at radius 2 is 1.53 bits per heavy atom. The van der Waals surface area contributed by atoms with Crippen molar-refractivity contribution in [1.82, 2.24) is 4.90 Å². The van der Waals surface area contributed by atoms with E-state index in [1.807, 2.05) is 0 Å². The van der Waals surface area contributed by atoms with E-state index in [1.54, 1.807) is 0 Å². The average Bonchev–Trinajstić information content (AvgIpc) is 2.15. The molecule has 1 nitrogen and oxygen atoms in total. The molecule has 0 aromatic carbocycles. The van der Waals surface area contributed by atoms with Gasteiger partial charge in [0, 0.05) is 0 Å². The average molecular weight is 227 g/mol. The van der Waals surface area contributed by atoms with Crippen molar-refractivity contribution in [2.75, 3.05) is 19.6 Å². The topological polar surface area (TPSA) is 3.24 Å². The molecule has 0 spiro atoms. The van der Waals surface area contributed by atoms with Crippen LogP contribution >= 0.6 is 0 Å². The van der Waals surface area contributed by atoms with Crippen LogP contribution in [0.5, 0.6) is 0 Å².